The molecule has 146 valence electrons. The van der Waals surface area contributed by atoms with Crippen LogP contribution in [-0.4, -0.2) is 57.1 Å². The summed E-state index contributed by atoms with van der Waals surface area (Å²) in [5, 5.41) is 6.73. The molecule has 0 saturated heterocycles. The summed E-state index contributed by atoms with van der Waals surface area (Å²) < 4.78 is 5.33. The molecule has 1 rings (SSSR count). The van der Waals surface area contributed by atoms with Crippen LogP contribution in [0.1, 0.15) is 39.7 Å². The van der Waals surface area contributed by atoms with E-state index >= 15 is 0 Å². The highest BCUT2D eigenvalue weighted by atomic mass is 16.5. The monoisotopic (exact) mass is 362 g/mol. The number of amides is 1. The van der Waals surface area contributed by atoms with Crippen molar-refractivity contribution in [2.24, 2.45) is 4.99 Å². The lowest BCUT2D eigenvalue weighted by molar-refractivity contribution is -0.127. The van der Waals surface area contributed by atoms with Crippen LogP contribution in [0, 0.1) is 0 Å². The molecule has 0 heterocycles. The maximum atomic E-state index is 11.8. The number of likely N-dealkylation sites (N-methyl/N-ethyl adjacent to an activating group) is 1. The van der Waals surface area contributed by atoms with Crippen molar-refractivity contribution in [1.29, 1.82) is 0 Å². The Labute approximate surface area is 158 Å². The number of carbonyl (C=O) groups excluding carboxylic acids is 1. The van der Waals surface area contributed by atoms with E-state index in [9.17, 15) is 4.79 Å². The molecule has 1 atom stereocenters. The molecule has 0 radical (unpaired) electrons. The molecule has 0 aliphatic rings. The molecule has 0 aliphatic heterocycles. The van der Waals surface area contributed by atoms with Gasteiger partial charge in [-0.2, -0.15) is 0 Å². The summed E-state index contributed by atoms with van der Waals surface area (Å²) >= 11 is 0. The molecule has 2 N–H and O–H groups in total. The topological polar surface area (TPSA) is 66.0 Å². The predicted molar refractivity (Wildman–Crippen MR) is 108 cm³/mol. The fourth-order valence-electron chi connectivity index (χ4n) is 2.23. The molecule has 0 fully saturated rings. The van der Waals surface area contributed by atoms with Crippen molar-refractivity contribution in [3.05, 3.63) is 29.8 Å². The minimum Gasteiger partial charge on any atom is -0.497 e. The predicted octanol–water partition coefficient (Wildman–Crippen LogP) is 2.39. The SMILES string of the molecule is CCC(C)NC(=NCC(=O)N(C)C)NCC(C)(C)c1cccc(OC)c1. The molecule has 0 aliphatic carbocycles. The fraction of sp³-hybridized carbons (Fsp3) is 0.600. The summed E-state index contributed by atoms with van der Waals surface area (Å²) in [5.74, 6) is 1.48. The lowest BCUT2D eigenvalue weighted by atomic mass is 9.84. The van der Waals surface area contributed by atoms with E-state index in [0.29, 0.717) is 12.5 Å². The first-order valence-electron chi connectivity index (χ1n) is 9.09. The highest BCUT2D eigenvalue weighted by Gasteiger charge is 2.22. The lowest BCUT2D eigenvalue weighted by Gasteiger charge is -2.28. The van der Waals surface area contributed by atoms with Gasteiger partial charge in [0.15, 0.2) is 5.96 Å². The van der Waals surface area contributed by atoms with Crippen LogP contribution in [0.2, 0.25) is 0 Å². The van der Waals surface area contributed by atoms with E-state index < -0.39 is 0 Å². The smallest absolute Gasteiger partial charge is 0.243 e. The summed E-state index contributed by atoms with van der Waals surface area (Å²) in [7, 11) is 5.14. The number of guanidine groups is 1. The number of hydrogen-bond acceptors (Lipinski definition) is 3. The van der Waals surface area contributed by atoms with Gasteiger partial charge in [-0.15, -0.1) is 0 Å². The van der Waals surface area contributed by atoms with Crippen LogP contribution in [-0.2, 0) is 10.2 Å². The van der Waals surface area contributed by atoms with E-state index in [1.54, 1.807) is 26.1 Å². The van der Waals surface area contributed by atoms with E-state index in [1.807, 2.05) is 12.1 Å². The van der Waals surface area contributed by atoms with Crippen LogP contribution >= 0.6 is 0 Å². The minimum atomic E-state index is -0.127. The van der Waals surface area contributed by atoms with Crippen molar-refractivity contribution in [2.75, 3.05) is 34.3 Å². The molecule has 1 amide bonds. The standard InChI is InChI=1S/C20H34N4O2/c1-8-15(2)23-19(21-13-18(25)24(5)6)22-14-20(3,4)16-10-9-11-17(12-16)26-7/h9-12,15H,8,13-14H2,1-7H3,(H2,21,22,23). The molecule has 6 heteroatoms. The second kappa shape index (κ2) is 10.0. The van der Waals surface area contributed by atoms with Crippen molar-refractivity contribution >= 4 is 11.9 Å². The third kappa shape index (κ3) is 6.94. The van der Waals surface area contributed by atoms with E-state index in [2.05, 4.69) is 55.5 Å². The van der Waals surface area contributed by atoms with Gasteiger partial charge in [0, 0.05) is 32.1 Å². The van der Waals surface area contributed by atoms with Crippen molar-refractivity contribution in [1.82, 2.24) is 15.5 Å². The molecule has 1 aromatic rings. The van der Waals surface area contributed by atoms with Gasteiger partial charge >= 0.3 is 0 Å². The number of aliphatic imine (C=N–C) groups is 1. The summed E-state index contributed by atoms with van der Waals surface area (Å²) in [6.45, 7) is 9.34. The van der Waals surface area contributed by atoms with Crippen molar-refractivity contribution in [3.8, 4) is 5.75 Å². The number of benzene rings is 1. The number of hydrogen-bond donors (Lipinski definition) is 2. The third-order valence-electron chi connectivity index (χ3n) is 4.42. The molecule has 0 saturated carbocycles. The van der Waals surface area contributed by atoms with Crippen LogP contribution in [0.3, 0.4) is 0 Å². The van der Waals surface area contributed by atoms with Crippen molar-refractivity contribution in [2.45, 2.75) is 45.6 Å². The summed E-state index contributed by atoms with van der Waals surface area (Å²) in [6, 6.07) is 8.36. The number of rotatable bonds is 8. The summed E-state index contributed by atoms with van der Waals surface area (Å²) in [6.07, 6.45) is 0.974. The van der Waals surface area contributed by atoms with Gasteiger partial charge in [0.25, 0.3) is 0 Å². The van der Waals surface area contributed by atoms with Gasteiger partial charge in [-0.3, -0.25) is 4.79 Å². The summed E-state index contributed by atoms with van der Waals surface area (Å²) in [4.78, 5) is 17.8. The summed E-state index contributed by atoms with van der Waals surface area (Å²) in [5.41, 5.74) is 1.05. The Hall–Kier alpha value is -2.24. The van der Waals surface area contributed by atoms with E-state index in [4.69, 9.17) is 4.74 Å². The molecule has 1 unspecified atom stereocenters. The Balaban J connectivity index is 2.85. The van der Waals surface area contributed by atoms with Gasteiger partial charge in [0.05, 0.1) is 7.11 Å². The fourth-order valence-corrected chi connectivity index (χ4v) is 2.23. The highest BCUT2D eigenvalue weighted by molar-refractivity contribution is 5.85. The van der Waals surface area contributed by atoms with Gasteiger partial charge in [-0.05, 0) is 31.0 Å². The first kappa shape index (κ1) is 21.8. The van der Waals surface area contributed by atoms with Crippen molar-refractivity contribution in [3.63, 3.8) is 0 Å². The van der Waals surface area contributed by atoms with Crippen molar-refractivity contribution < 1.29 is 9.53 Å². The zero-order valence-electron chi connectivity index (χ0n) is 17.2. The second-order valence-corrected chi connectivity index (χ2v) is 7.38. The average molecular weight is 363 g/mol. The molecule has 0 spiro atoms. The van der Waals surface area contributed by atoms with Crippen LogP contribution in [0.25, 0.3) is 0 Å². The number of methoxy groups -OCH3 is 1. The first-order chi connectivity index (χ1) is 12.2. The van der Waals surface area contributed by atoms with Crippen LogP contribution in [0.5, 0.6) is 5.75 Å². The lowest BCUT2D eigenvalue weighted by Crippen LogP contribution is -2.46. The maximum Gasteiger partial charge on any atom is 0.243 e. The molecule has 1 aromatic carbocycles. The van der Waals surface area contributed by atoms with Gasteiger partial charge in [0.1, 0.15) is 12.3 Å². The Kier molecular flexibility index (Phi) is 8.42. The van der Waals surface area contributed by atoms with E-state index in [-0.39, 0.29) is 23.9 Å². The Morgan fingerprint density at radius 2 is 2.04 bits per heavy atom. The Morgan fingerprint density at radius 3 is 2.62 bits per heavy atom. The second-order valence-electron chi connectivity index (χ2n) is 7.38. The first-order valence-corrected chi connectivity index (χ1v) is 9.09. The normalized spacial score (nSPS) is 13.1. The number of ether oxygens (including phenoxy) is 1. The van der Waals surface area contributed by atoms with Crippen LogP contribution in [0.15, 0.2) is 29.3 Å². The van der Waals surface area contributed by atoms with Gasteiger partial charge in [-0.1, -0.05) is 32.9 Å². The largest absolute Gasteiger partial charge is 0.497 e. The number of carbonyl (C=O) groups is 1. The molecule has 0 aromatic heterocycles. The number of nitrogens with one attached hydrogen (secondary N) is 2. The van der Waals surface area contributed by atoms with Gasteiger partial charge in [0.2, 0.25) is 5.91 Å². The Bertz CT molecular complexity index is 612. The van der Waals surface area contributed by atoms with Crippen LogP contribution in [0.4, 0.5) is 0 Å². The zero-order valence-corrected chi connectivity index (χ0v) is 17.2. The average Bonchev–Trinajstić information content (AvgIpc) is 2.63. The quantitative estimate of drug-likeness (QED) is 0.550. The molecular weight excluding hydrogens is 328 g/mol. The third-order valence-corrected chi connectivity index (χ3v) is 4.42. The maximum absolute atomic E-state index is 11.8. The minimum absolute atomic E-state index is 0.0256. The van der Waals surface area contributed by atoms with Crippen LogP contribution < -0.4 is 15.4 Å². The molecule has 26 heavy (non-hydrogen) atoms. The molecule has 6 nitrogen and oxygen atoms in total. The van der Waals surface area contributed by atoms with E-state index in [1.165, 1.54) is 5.56 Å². The van der Waals surface area contributed by atoms with E-state index in [0.717, 1.165) is 12.2 Å². The highest BCUT2D eigenvalue weighted by Crippen LogP contribution is 2.25. The van der Waals surface area contributed by atoms with Gasteiger partial charge in [-0.25, -0.2) is 4.99 Å². The Morgan fingerprint density at radius 1 is 1.35 bits per heavy atom. The molecular formula is C20H34N4O2. The number of nitrogens with zero attached hydrogens (tertiary/aromatic N) is 2. The zero-order chi connectivity index (χ0) is 19.7. The molecule has 0 bridgehead atoms. The van der Waals surface area contributed by atoms with Gasteiger partial charge < -0.3 is 20.3 Å².